The van der Waals surface area contributed by atoms with Crippen LogP contribution in [-0.2, 0) is 0 Å². The van der Waals surface area contributed by atoms with Gasteiger partial charge in [-0.1, -0.05) is 6.07 Å². The minimum absolute atomic E-state index is 0. The summed E-state index contributed by atoms with van der Waals surface area (Å²) < 4.78 is 0.881. The molecule has 1 aliphatic rings. The molecule has 2 rings (SSSR count). The molecule has 1 aromatic rings. The topological polar surface area (TPSA) is 37.0 Å². The van der Waals surface area contributed by atoms with E-state index in [-0.39, 0.29) is 12.4 Å². The van der Waals surface area contributed by atoms with E-state index in [1.54, 1.807) is 0 Å². The van der Waals surface area contributed by atoms with Crippen LogP contribution in [0.4, 0.5) is 5.82 Å². The smallest absolute Gasteiger partial charge is 0.127 e. The second-order valence-electron chi connectivity index (χ2n) is 3.53. The van der Waals surface area contributed by atoms with Crippen molar-refractivity contribution in [2.75, 3.05) is 18.4 Å². The molecule has 1 fully saturated rings. The van der Waals surface area contributed by atoms with E-state index >= 15 is 0 Å². The first-order valence-electron chi connectivity index (χ1n) is 4.94. The first-order valence-corrected chi connectivity index (χ1v) is 5.74. The summed E-state index contributed by atoms with van der Waals surface area (Å²) in [5.74, 6) is 0.952. The SMILES string of the molecule is Brc1cccc(NC2CCCNC2)n1.Cl. The molecule has 15 heavy (non-hydrogen) atoms. The summed E-state index contributed by atoms with van der Waals surface area (Å²) in [5.41, 5.74) is 0. The molecule has 1 unspecified atom stereocenters. The van der Waals surface area contributed by atoms with Crippen molar-refractivity contribution in [1.29, 1.82) is 0 Å². The third-order valence-corrected chi connectivity index (χ3v) is 2.81. The molecule has 0 aromatic carbocycles. The van der Waals surface area contributed by atoms with Crippen LogP contribution in [0.15, 0.2) is 22.8 Å². The molecule has 0 amide bonds. The first-order chi connectivity index (χ1) is 6.84. The van der Waals surface area contributed by atoms with Gasteiger partial charge >= 0.3 is 0 Å². The van der Waals surface area contributed by atoms with Gasteiger partial charge in [0.05, 0.1) is 0 Å². The summed E-state index contributed by atoms with van der Waals surface area (Å²) in [7, 11) is 0. The molecular formula is C10H15BrClN3. The van der Waals surface area contributed by atoms with Crippen LogP contribution in [0, 0.1) is 0 Å². The molecule has 0 bridgehead atoms. The zero-order chi connectivity index (χ0) is 9.80. The molecule has 3 nitrogen and oxygen atoms in total. The van der Waals surface area contributed by atoms with Crippen molar-refractivity contribution >= 4 is 34.2 Å². The number of aromatic nitrogens is 1. The number of hydrogen-bond acceptors (Lipinski definition) is 3. The van der Waals surface area contributed by atoms with Crippen LogP contribution in [-0.4, -0.2) is 24.1 Å². The Morgan fingerprint density at radius 1 is 1.47 bits per heavy atom. The van der Waals surface area contributed by atoms with E-state index in [1.807, 2.05) is 18.2 Å². The Labute approximate surface area is 105 Å². The Morgan fingerprint density at radius 3 is 3.00 bits per heavy atom. The number of anilines is 1. The summed E-state index contributed by atoms with van der Waals surface area (Å²) in [5, 5.41) is 6.79. The van der Waals surface area contributed by atoms with Crippen LogP contribution in [0.2, 0.25) is 0 Å². The van der Waals surface area contributed by atoms with Gasteiger partial charge in [0.15, 0.2) is 0 Å². The molecule has 2 N–H and O–H groups in total. The van der Waals surface area contributed by atoms with E-state index in [1.165, 1.54) is 12.8 Å². The van der Waals surface area contributed by atoms with E-state index in [0.717, 1.165) is 23.5 Å². The van der Waals surface area contributed by atoms with Crippen LogP contribution in [0.1, 0.15) is 12.8 Å². The summed E-state index contributed by atoms with van der Waals surface area (Å²) in [6.45, 7) is 2.18. The highest BCUT2D eigenvalue weighted by Gasteiger charge is 2.12. The molecule has 1 aliphatic heterocycles. The second kappa shape index (κ2) is 6.30. The lowest BCUT2D eigenvalue weighted by Gasteiger charge is -2.24. The molecule has 1 aromatic heterocycles. The first kappa shape index (κ1) is 12.7. The van der Waals surface area contributed by atoms with Gasteiger partial charge in [-0.25, -0.2) is 4.98 Å². The van der Waals surface area contributed by atoms with Gasteiger partial charge in [-0.05, 0) is 47.4 Å². The van der Waals surface area contributed by atoms with E-state index in [9.17, 15) is 0 Å². The lowest BCUT2D eigenvalue weighted by Crippen LogP contribution is -2.38. The zero-order valence-corrected chi connectivity index (χ0v) is 10.8. The largest absolute Gasteiger partial charge is 0.366 e. The highest BCUT2D eigenvalue weighted by Crippen LogP contribution is 2.13. The van der Waals surface area contributed by atoms with E-state index in [0.29, 0.717) is 6.04 Å². The molecule has 0 spiro atoms. The molecule has 5 heteroatoms. The Bertz CT molecular complexity index is 302. The number of hydrogen-bond donors (Lipinski definition) is 2. The monoisotopic (exact) mass is 291 g/mol. The van der Waals surface area contributed by atoms with Crippen LogP contribution < -0.4 is 10.6 Å². The van der Waals surface area contributed by atoms with Crippen molar-refractivity contribution in [2.24, 2.45) is 0 Å². The molecule has 1 saturated heterocycles. The van der Waals surface area contributed by atoms with Gasteiger partial charge < -0.3 is 10.6 Å². The number of nitrogens with one attached hydrogen (secondary N) is 2. The normalized spacial score (nSPS) is 20.5. The van der Waals surface area contributed by atoms with Crippen molar-refractivity contribution in [1.82, 2.24) is 10.3 Å². The number of piperidine rings is 1. The van der Waals surface area contributed by atoms with Crippen molar-refractivity contribution < 1.29 is 0 Å². The standard InChI is InChI=1S/C10H14BrN3.ClH/c11-9-4-1-5-10(14-9)13-8-3-2-6-12-7-8;/h1,4-5,8,12H,2-3,6-7H2,(H,13,14);1H. The Morgan fingerprint density at radius 2 is 2.33 bits per heavy atom. The number of nitrogens with zero attached hydrogens (tertiary/aromatic N) is 1. The summed E-state index contributed by atoms with van der Waals surface area (Å²) in [6.07, 6.45) is 2.47. The van der Waals surface area contributed by atoms with Gasteiger partial charge in [-0.3, -0.25) is 0 Å². The van der Waals surface area contributed by atoms with Gasteiger partial charge in [-0.15, -0.1) is 12.4 Å². The Kier molecular flexibility index (Phi) is 5.36. The molecule has 84 valence electrons. The van der Waals surface area contributed by atoms with Gasteiger partial charge in [0.2, 0.25) is 0 Å². The fraction of sp³-hybridized carbons (Fsp3) is 0.500. The number of rotatable bonds is 2. The maximum absolute atomic E-state index is 4.35. The third-order valence-electron chi connectivity index (χ3n) is 2.36. The van der Waals surface area contributed by atoms with E-state index in [2.05, 4.69) is 31.5 Å². The minimum Gasteiger partial charge on any atom is -0.366 e. The predicted molar refractivity (Wildman–Crippen MR) is 68.7 cm³/mol. The highest BCUT2D eigenvalue weighted by atomic mass is 79.9. The zero-order valence-electron chi connectivity index (χ0n) is 8.37. The van der Waals surface area contributed by atoms with E-state index < -0.39 is 0 Å². The Balaban J connectivity index is 0.00000112. The average molecular weight is 293 g/mol. The van der Waals surface area contributed by atoms with Crippen LogP contribution in [0.5, 0.6) is 0 Å². The molecule has 1 atom stereocenters. The lowest BCUT2D eigenvalue weighted by molar-refractivity contribution is 0.479. The van der Waals surface area contributed by atoms with Crippen LogP contribution in [0.3, 0.4) is 0 Å². The summed E-state index contributed by atoms with van der Waals surface area (Å²) >= 11 is 3.36. The molecule has 0 radical (unpaired) electrons. The fourth-order valence-electron chi connectivity index (χ4n) is 1.67. The lowest BCUT2D eigenvalue weighted by atomic mass is 10.1. The fourth-order valence-corrected chi connectivity index (χ4v) is 2.02. The van der Waals surface area contributed by atoms with Crippen molar-refractivity contribution in [3.05, 3.63) is 22.8 Å². The van der Waals surface area contributed by atoms with Gasteiger partial charge in [-0.2, -0.15) is 0 Å². The van der Waals surface area contributed by atoms with Crippen molar-refractivity contribution in [3.8, 4) is 0 Å². The molecule has 2 heterocycles. The Hall–Kier alpha value is -0.320. The maximum Gasteiger partial charge on any atom is 0.127 e. The molecular weight excluding hydrogens is 277 g/mol. The third kappa shape index (κ3) is 3.97. The van der Waals surface area contributed by atoms with Crippen molar-refractivity contribution in [2.45, 2.75) is 18.9 Å². The molecule has 0 saturated carbocycles. The average Bonchev–Trinajstić information content (AvgIpc) is 2.19. The number of halogens is 2. The predicted octanol–water partition coefficient (Wildman–Crippen LogP) is 2.43. The van der Waals surface area contributed by atoms with Gasteiger partial charge in [0.25, 0.3) is 0 Å². The van der Waals surface area contributed by atoms with E-state index in [4.69, 9.17) is 0 Å². The summed E-state index contributed by atoms with van der Waals surface area (Å²) in [4.78, 5) is 4.35. The van der Waals surface area contributed by atoms with Crippen molar-refractivity contribution in [3.63, 3.8) is 0 Å². The summed E-state index contributed by atoms with van der Waals surface area (Å²) in [6, 6.07) is 6.45. The van der Waals surface area contributed by atoms with Gasteiger partial charge in [0.1, 0.15) is 10.4 Å². The van der Waals surface area contributed by atoms with Crippen LogP contribution >= 0.6 is 28.3 Å². The van der Waals surface area contributed by atoms with Gasteiger partial charge in [0, 0.05) is 12.6 Å². The number of pyridine rings is 1. The second-order valence-corrected chi connectivity index (χ2v) is 4.35. The maximum atomic E-state index is 4.35. The highest BCUT2D eigenvalue weighted by molar-refractivity contribution is 9.10. The quantitative estimate of drug-likeness (QED) is 0.822. The van der Waals surface area contributed by atoms with Crippen LogP contribution in [0.25, 0.3) is 0 Å². The minimum atomic E-state index is 0. The molecule has 0 aliphatic carbocycles.